The van der Waals surface area contributed by atoms with Crippen molar-refractivity contribution >= 4 is 23.2 Å². The number of carbonyl (C=O) groups excluding carboxylic acids is 1. The first kappa shape index (κ1) is 16.1. The molecule has 2 N–H and O–H groups in total. The van der Waals surface area contributed by atoms with Crippen molar-refractivity contribution in [1.82, 2.24) is 5.32 Å². The van der Waals surface area contributed by atoms with Crippen molar-refractivity contribution in [3.63, 3.8) is 0 Å². The molecule has 5 heteroatoms. The zero-order valence-electron chi connectivity index (χ0n) is 13.0. The quantitative estimate of drug-likeness (QED) is 0.877. The van der Waals surface area contributed by atoms with E-state index in [1.54, 1.807) is 19.2 Å². The van der Waals surface area contributed by atoms with E-state index in [-0.39, 0.29) is 17.4 Å². The average molecular weight is 311 g/mol. The minimum atomic E-state index is -0.177. The molecule has 2 rings (SSSR count). The third-order valence-corrected chi connectivity index (χ3v) is 4.65. The molecule has 0 spiro atoms. The molecule has 4 nitrogen and oxygen atoms in total. The van der Waals surface area contributed by atoms with Gasteiger partial charge in [-0.3, -0.25) is 4.79 Å². The lowest BCUT2D eigenvalue weighted by Gasteiger charge is -2.52. The maximum atomic E-state index is 11.8. The van der Waals surface area contributed by atoms with Crippen LogP contribution in [0.5, 0.6) is 0 Å². The summed E-state index contributed by atoms with van der Waals surface area (Å²) in [6.07, 6.45) is 1.25. The van der Waals surface area contributed by atoms with Crippen LogP contribution < -0.4 is 10.6 Å². The Bertz CT molecular complexity index is 531. The lowest BCUT2D eigenvalue weighted by Crippen LogP contribution is -2.58. The number of nitrogens with one attached hydrogen (secondary N) is 2. The van der Waals surface area contributed by atoms with Crippen LogP contribution in [0.3, 0.4) is 0 Å². The molecule has 0 aromatic heterocycles. The predicted molar refractivity (Wildman–Crippen MR) is 86.1 cm³/mol. The lowest BCUT2D eigenvalue weighted by atomic mass is 9.64. The van der Waals surface area contributed by atoms with E-state index in [9.17, 15) is 4.79 Å². The molecule has 116 valence electrons. The zero-order valence-corrected chi connectivity index (χ0v) is 13.8. The van der Waals surface area contributed by atoms with Crippen molar-refractivity contribution in [1.29, 1.82) is 0 Å². The minimum Gasteiger partial charge on any atom is -0.382 e. The molecule has 1 aliphatic carbocycles. The standard InChI is InChI=1S/C16H23ClN2O2/c1-5-21-14-9-13(16(14,2)3)19-10-6-7-12(17)11(8-10)15(20)18-4/h6-8,13-14,19H,5,9H2,1-4H3,(H,18,20). The van der Waals surface area contributed by atoms with Gasteiger partial charge >= 0.3 is 0 Å². The number of benzene rings is 1. The molecule has 2 unspecified atom stereocenters. The van der Waals surface area contributed by atoms with Crippen LogP contribution in [0.1, 0.15) is 37.6 Å². The third kappa shape index (κ3) is 3.16. The molecule has 0 bridgehead atoms. The molecular weight excluding hydrogens is 288 g/mol. The summed E-state index contributed by atoms with van der Waals surface area (Å²) in [4.78, 5) is 11.8. The molecule has 0 aliphatic heterocycles. The Hall–Kier alpha value is -1.26. The Morgan fingerprint density at radius 2 is 2.19 bits per heavy atom. The highest BCUT2D eigenvalue weighted by molar-refractivity contribution is 6.34. The molecule has 1 aromatic carbocycles. The summed E-state index contributed by atoms with van der Waals surface area (Å²) in [5, 5.41) is 6.54. The van der Waals surface area contributed by atoms with Gasteiger partial charge in [-0.15, -0.1) is 0 Å². The molecule has 1 saturated carbocycles. The SMILES string of the molecule is CCOC1CC(Nc2ccc(Cl)c(C(=O)NC)c2)C1(C)C. The van der Waals surface area contributed by atoms with E-state index >= 15 is 0 Å². The van der Waals surface area contributed by atoms with Crippen molar-refractivity contribution < 1.29 is 9.53 Å². The number of carbonyl (C=O) groups is 1. The van der Waals surface area contributed by atoms with Gasteiger partial charge in [-0.05, 0) is 31.5 Å². The maximum Gasteiger partial charge on any atom is 0.252 e. The second-order valence-corrected chi connectivity index (χ2v) is 6.38. The van der Waals surface area contributed by atoms with Crippen LogP contribution in [0, 0.1) is 5.41 Å². The predicted octanol–water partition coefficient (Wildman–Crippen LogP) is 3.32. The molecule has 0 saturated heterocycles. The highest BCUT2D eigenvalue weighted by atomic mass is 35.5. The highest BCUT2D eigenvalue weighted by Crippen LogP contribution is 2.44. The minimum absolute atomic E-state index is 0.0722. The van der Waals surface area contributed by atoms with Crippen molar-refractivity contribution in [3.05, 3.63) is 28.8 Å². The lowest BCUT2D eigenvalue weighted by molar-refractivity contribution is -0.0975. The fourth-order valence-electron chi connectivity index (χ4n) is 2.74. The number of hydrogen-bond acceptors (Lipinski definition) is 3. The molecule has 1 amide bonds. The number of ether oxygens (including phenoxy) is 1. The summed E-state index contributed by atoms with van der Waals surface area (Å²) < 4.78 is 5.73. The van der Waals surface area contributed by atoms with Gasteiger partial charge in [0.05, 0.1) is 16.7 Å². The normalized spacial score (nSPS) is 23.3. The first-order valence-corrected chi connectivity index (χ1v) is 7.67. The number of rotatable bonds is 5. The molecule has 0 radical (unpaired) electrons. The van der Waals surface area contributed by atoms with Crippen molar-refractivity contribution in [2.75, 3.05) is 19.0 Å². The fourth-order valence-corrected chi connectivity index (χ4v) is 2.94. The van der Waals surface area contributed by atoms with Gasteiger partial charge in [0.2, 0.25) is 0 Å². The smallest absolute Gasteiger partial charge is 0.252 e. The van der Waals surface area contributed by atoms with E-state index in [1.165, 1.54) is 0 Å². The number of anilines is 1. The maximum absolute atomic E-state index is 11.8. The van der Waals surface area contributed by atoms with Crippen LogP contribution in [0.25, 0.3) is 0 Å². The van der Waals surface area contributed by atoms with Gasteiger partial charge in [-0.25, -0.2) is 0 Å². The van der Waals surface area contributed by atoms with E-state index in [1.807, 2.05) is 13.0 Å². The highest BCUT2D eigenvalue weighted by Gasteiger charge is 2.48. The Balaban J connectivity index is 2.10. The van der Waals surface area contributed by atoms with E-state index in [2.05, 4.69) is 24.5 Å². The largest absolute Gasteiger partial charge is 0.382 e. The third-order valence-electron chi connectivity index (χ3n) is 4.32. The van der Waals surface area contributed by atoms with Gasteiger partial charge in [0.1, 0.15) is 0 Å². The van der Waals surface area contributed by atoms with Crippen LogP contribution in [0.15, 0.2) is 18.2 Å². The Labute approximate surface area is 131 Å². The Morgan fingerprint density at radius 1 is 1.48 bits per heavy atom. The van der Waals surface area contributed by atoms with E-state index in [0.717, 1.165) is 18.7 Å². The van der Waals surface area contributed by atoms with Crippen LogP contribution in [-0.4, -0.2) is 31.7 Å². The van der Waals surface area contributed by atoms with Gasteiger partial charge in [0, 0.05) is 30.8 Å². The number of hydrogen-bond donors (Lipinski definition) is 2. The Morgan fingerprint density at radius 3 is 2.76 bits per heavy atom. The average Bonchev–Trinajstić information content (AvgIpc) is 2.47. The van der Waals surface area contributed by atoms with E-state index in [4.69, 9.17) is 16.3 Å². The van der Waals surface area contributed by atoms with Crippen molar-refractivity contribution in [3.8, 4) is 0 Å². The molecule has 1 aliphatic rings. The number of halogens is 1. The second kappa shape index (κ2) is 6.24. The summed E-state index contributed by atoms with van der Waals surface area (Å²) in [6, 6.07) is 5.78. The first-order valence-electron chi connectivity index (χ1n) is 7.30. The van der Waals surface area contributed by atoms with Gasteiger partial charge in [-0.1, -0.05) is 25.4 Å². The molecule has 1 fully saturated rings. The summed E-state index contributed by atoms with van der Waals surface area (Å²) in [5.74, 6) is -0.177. The fraction of sp³-hybridized carbons (Fsp3) is 0.562. The van der Waals surface area contributed by atoms with Crippen molar-refractivity contribution in [2.45, 2.75) is 39.3 Å². The summed E-state index contributed by atoms with van der Waals surface area (Å²) in [6.45, 7) is 7.16. The number of amides is 1. The van der Waals surface area contributed by atoms with Crippen LogP contribution >= 0.6 is 11.6 Å². The summed E-state index contributed by atoms with van der Waals surface area (Å²) >= 11 is 6.07. The second-order valence-electron chi connectivity index (χ2n) is 5.97. The molecular formula is C16H23ClN2O2. The summed E-state index contributed by atoms with van der Waals surface area (Å²) in [7, 11) is 1.60. The topological polar surface area (TPSA) is 50.4 Å². The molecule has 1 aromatic rings. The molecule has 21 heavy (non-hydrogen) atoms. The van der Waals surface area contributed by atoms with E-state index < -0.39 is 0 Å². The molecule has 2 atom stereocenters. The van der Waals surface area contributed by atoms with Gasteiger partial charge in [-0.2, -0.15) is 0 Å². The van der Waals surface area contributed by atoms with Gasteiger partial charge in [0.25, 0.3) is 5.91 Å². The van der Waals surface area contributed by atoms with Gasteiger partial charge < -0.3 is 15.4 Å². The van der Waals surface area contributed by atoms with Crippen molar-refractivity contribution in [2.24, 2.45) is 5.41 Å². The van der Waals surface area contributed by atoms with Crippen LogP contribution in [0.2, 0.25) is 5.02 Å². The first-order chi connectivity index (χ1) is 9.90. The summed E-state index contributed by atoms with van der Waals surface area (Å²) in [5.41, 5.74) is 1.47. The monoisotopic (exact) mass is 310 g/mol. The molecule has 0 heterocycles. The Kier molecular flexibility index (Phi) is 4.79. The van der Waals surface area contributed by atoms with E-state index in [0.29, 0.717) is 16.6 Å². The zero-order chi connectivity index (χ0) is 15.6. The van der Waals surface area contributed by atoms with Crippen LogP contribution in [0.4, 0.5) is 5.69 Å². The van der Waals surface area contributed by atoms with Gasteiger partial charge in [0.15, 0.2) is 0 Å². The van der Waals surface area contributed by atoms with Crippen LogP contribution in [-0.2, 0) is 4.74 Å².